The Morgan fingerprint density at radius 1 is 1.29 bits per heavy atom. The number of likely N-dealkylation sites (tertiary alicyclic amines) is 2. The van der Waals surface area contributed by atoms with Crippen molar-refractivity contribution in [1.29, 1.82) is 0 Å². The lowest BCUT2D eigenvalue weighted by atomic mass is 9.91. The Hall–Kier alpha value is -1.10. The van der Waals surface area contributed by atoms with Gasteiger partial charge in [0.25, 0.3) is 0 Å². The summed E-state index contributed by atoms with van der Waals surface area (Å²) >= 11 is 5.91. The van der Waals surface area contributed by atoms with Crippen LogP contribution in [-0.4, -0.2) is 55.1 Å². The number of fused-ring (bicyclic) bond motifs is 1. The van der Waals surface area contributed by atoms with Crippen LogP contribution in [0, 0.1) is 5.92 Å². The van der Waals surface area contributed by atoms with Gasteiger partial charge >= 0.3 is 0 Å². The zero-order valence-corrected chi connectivity index (χ0v) is 13.1. The SMILES string of the molecule is COCCC(=O)N1C[C@H]2CN(Cc3ccc(Cl)cc3)[C@H]2C1. The molecule has 2 fully saturated rings. The molecule has 0 bridgehead atoms. The Morgan fingerprint density at radius 2 is 2.05 bits per heavy atom. The Kier molecular flexibility index (Phi) is 4.48. The number of hydrogen-bond donors (Lipinski definition) is 0. The molecular weight excluding hydrogens is 288 g/mol. The Labute approximate surface area is 130 Å². The number of ether oxygens (including phenoxy) is 1. The van der Waals surface area contributed by atoms with Crippen LogP contribution in [0.15, 0.2) is 24.3 Å². The molecule has 0 aliphatic carbocycles. The highest BCUT2D eigenvalue weighted by Gasteiger charge is 2.46. The van der Waals surface area contributed by atoms with Crippen molar-refractivity contribution in [2.45, 2.75) is 19.0 Å². The minimum Gasteiger partial charge on any atom is -0.384 e. The summed E-state index contributed by atoms with van der Waals surface area (Å²) in [5, 5.41) is 0.774. The predicted octanol–water partition coefficient (Wildman–Crippen LogP) is 2.02. The summed E-state index contributed by atoms with van der Waals surface area (Å²) in [5.41, 5.74) is 1.28. The van der Waals surface area contributed by atoms with Crippen molar-refractivity contribution in [2.24, 2.45) is 5.92 Å². The Bertz CT molecular complexity index is 506. The molecule has 21 heavy (non-hydrogen) atoms. The quantitative estimate of drug-likeness (QED) is 0.834. The Morgan fingerprint density at radius 3 is 2.76 bits per heavy atom. The van der Waals surface area contributed by atoms with Crippen molar-refractivity contribution in [2.75, 3.05) is 33.4 Å². The van der Waals surface area contributed by atoms with Crippen LogP contribution in [0.5, 0.6) is 0 Å². The molecule has 2 aliphatic rings. The molecule has 4 nitrogen and oxygen atoms in total. The van der Waals surface area contributed by atoms with E-state index in [4.69, 9.17) is 16.3 Å². The molecule has 0 unspecified atom stereocenters. The molecular formula is C16H21ClN2O2. The third kappa shape index (κ3) is 3.23. The molecule has 0 radical (unpaired) electrons. The molecule has 0 saturated carbocycles. The molecule has 1 amide bonds. The summed E-state index contributed by atoms with van der Waals surface area (Å²) in [6, 6.07) is 8.54. The van der Waals surface area contributed by atoms with Crippen molar-refractivity contribution >= 4 is 17.5 Å². The number of benzene rings is 1. The summed E-state index contributed by atoms with van der Waals surface area (Å²) in [7, 11) is 1.63. The van der Waals surface area contributed by atoms with E-state index in [2.05, 4.69) is 17.0 Å². The highest BCUT2D eigenvalue weighted by molar-refractivity contribution is 6.30. The normalized spacial score (nSPS) is 24.8. The average Bonchev–Trinajstić information content (AvgIpc) is 2.82. The van der Waals surface area contributed by atoms with Crippen molar-refractivity contribution in [3.8, 4) is 0 Å². The van der Waals surface area contributed by atoms with Crippen LogP contribution in [0.2, 0.25) is 5.02 Å². The van der Waals surface area contributed by atoms with Crippen molar-refractivity contribution < 1.29 is 9.53 Å². The number of rotatable bonds is 5. The first kappa shape index (κ1) is 14.8. The zero-order chi connectivity index (χ0) is 14.8. The van der Waals surface area contributed by atoms with E-state index in [0.29, 0.717) is 25.0 Å². The monoisotopic (exact) mass is 308 g/mol. The fraction of sp³-hybridized carbons (Fsp3) is 0.562. The maximum atomic E-state index is 12.0. The number of carbonyl (C=O) groups is 1. The molecule has 1 aromatic rings. The van der Waals surface area contributed by atoms with Crippen LogP contribution in [0.4, 0.5) is 0 Å². The maximum Gasteiger partial charge on any atom is 0.224 e. The topological polar surface area (TPSA) is 32.8 Å². The first-order valence-corrected chi connectivity index (χ1v) is 7.80. The van der Waals surface area contributed by atoms with Crippen LogP contribution in [0.1, 0.15) is 12.0 Å². The number of halogens is 1. The van der Waals surface area contributed by atoms with Crippen LogP contribution < -0.4 is 0 Å². The summed E-state index contributed by atoms with van der Waals surface area (Å²) in [6.45, 7) is 4.31. The number of methoxy groups -OCH3 is 1. The number of nitrogens with zero attached hydrogens (tertiary/aromatic N) is 2. The molecule has 2 heterocycles. The second-order valence-electron chi connectivity index (χ2n) is 5.92. The smallest absolute Gasteiger partial charge is 0.224 e. The summed E-state index contributed by atoms with van der Waals surface area (Å²) in [5.74, 6) is 0.862. The lowest BCUT2D eigenvalue weighted by Crippen LogP contribution is -2.54. The van der Waals surface area contributed by atoms with Crippen molar-refractivity contribution in [1.82, 2.24) is 9.80 Å². The third-order valence-electron chi connectivity index (χ3n) is 4.52. The summed E-state index contributed by atoms with van der Waals surface area (Å²) < 4.78 is 4.98. The lowest BCUT2D eigenvalue weighted by molar-refractivity contribution is -0.131. The number of hydrogen-bond acceptors (Lipinski definition) is 3. The van der Waals surface area contributed by atoms with Crippen molar-refractivity contribution in [3.63, 3.8) is 0 Å². The molecule has 0 spiro atoms. The van der Waals surface area contributed by atoms with E-state index in [1.54, 1.807) is 7.11 Å². The Balaban J connectivity index is 1.52. The highest BCUT2D eigenvalue weighted by atomic mass is 35.5. The van der Waals surface area contributed by atoms with Gasteiger partial charge in [-0.05, 0) is 17.7 Å². The molecule has 114 valence electrons. The van der Waals surface area contributed by atoms with Crippen molar-refractivity contribution in [3.05, 3.63) is 34.9 Å². The van der Waals surface area contributed by atoms with Gasteiger partial charge in [-0.1, -0.05) is 23.7 Å². The van der Waals surface area contributed by atoms with E-state index in [9.17, 15) is 4.79 Å². The average molecular weight is 309 g/mol. The molecule has 3 rings (SSSR count). The molecule has 2 saturated heterocycles. The molecule has 5 heteroatoms. The van der Waals surface area contributed by atoms with Gasteiger partial charge < -0.3 is 9.64 Å². The van der Waals surface area contributed by atoms with Gasteiger partial charge in [-0.2, -0.15) is 0 Å². The van der Waals surface area contributed by atoms with Gasteiger partial charge in [-0.15, -0.1) is 0 Å². The lowest BCUT2D eigenvalue weighted by Gasteiger charge is -2.43. The first-order chi connectivity index (χ1) is 10.2. The number of amides is 1. The molecule has 0 aromatic heterocycles. The second-order valence-corrected chi connectivity index (χ2v) is 6.36. The van der Waals surface area contributed by atoms with E-state index in [-0.39, 0.29) is 5.91 Å². The van der Waals surface area contributed by atoms with Crippen LogP contribution >= 0.6 is 11.6 Å². The highest BCUT2D eigenvalue weighted by Crippen LogP contribution is 2.33. The van der Waals surface area contributed by atoms with Gasteiger partial charge in [0.1, 0.15) is 0 Å². The minimum atomic E-state index is 0.220. The predicted molar refractivity (Wildman–Crippen MR) is 82.2 cm³/mol. The van der Waals surface area contributed by atoms with E-state index < -0.39 is 0 Å². The van der Waals surface area contributed by atoms with Gasteiger partial charge in [0.15, 0.2) is 0 Å². The van der Waals surface area contributed by atoms with Crippen LogP contribution in [0.3, 0.4) is 0 Å². The minimum absolute atomic E-state index is 0.220. The van der Waals surface area contributed by atoms with E-state index in [1.165, 1.54) is 5.56 Å². The molecule has 2 aliphatic heterocycles. The summed E-state index contributed by atoms with van der Waals surface area (Å²) in [6.07, 6.45) is 0.493. The van der Waals surface area contributed by atoms with E-state index >= 15 is 0 Å². The van der Waals surface area contributed by atoms with Gasteiger partial charge in [0.05, 0.1) is 13.0 Å². The van der Waals surface area contributed by atoms with E-state index in [1.807, 2.05) is 17.0 Å². The summed E-state index contributed by atoms with van der Waals surface area (Å²) in [4.78, 5) is 16.5. The molecule has 0 N–H and O–H groups in total. The first-order valence-electron chi connectivity index (χ1n) is 7.42. The maximum absolute atomic E-state index is 12.0. The van der Waals surface area contributed by atoms with Gasteiger partial charge in [-0.3, -0.25) is 9.69 Å². The van der Waals surface area contributed by atoms with Gasteiger partial charge in [0.2, 0.25) is 5.91 Å². The van der Waals surface area contributed by atoms with Crippen LogP contribution in [-0.2, 0) is 16.1 Å². The second kappa shape index (κ2) is 6.34. The fourth-order valence-electron chi connectivity index (χ4n) is 3.30. The fourth-order valence-corrected chi connectivity index (χ4v) is 3.43. The largest absolute Gasteiger partial charge is 0.384 e. The molecule has 1 aromatic carbocycles. The van der Waals surface area contributed by atoms with E-state index in [0.717, 1.165) is 31.2 Å². The van der Waals surface area contributed by atoms with Gasteiger partial charge in [-0.25, -0.2) is 0 Å². The zero-order valence-electron chi connectivity index (χ0n) is 12.3. The third-order valence-corrected chi connectivity index (χ3v) is 4.77. The standard InChI is InChI=1S/C16H21ClN2O2/c1-21-7-6-16(20)19-10-13-9-18(15(13)11-19)8-12-2-4-14(17)5-3-12/h2-5,13,15H,6-11H2,1H3/t13-,15+/m1/s1. The number of carbonyl (C=O) groups excluding carboxylic acids is 1. The van der Waals surface area contributed by atoms with Crippen LogP contribution in [0.25, 0.3) is 0 Å². The molecule has 2 atom stereocenters. The van der Waals surface area contributed by atoms with Gasteiger partial charge in [0, 0.05) is 50.3 Å².